The monoisotopic (exact) mass is 470 g/mol. The maximum Gasteiger partial charge on any atom is 0.0639 e. The molecular formula is C29H43ClN2O. The van der Waals surface area contributed by atoms with Gasteiger partial charge in [-0.05, 0) is 81.3 Å². The summed E-state index contributed by atoms with van der Waals surface area (Å²) in [5.41, 5.74) is 5.67. The average molecular weight is 471 g/mol. The van der Waals surface area contributed by atoms with Crippen LogP contribution in [0.15, 0.2) is 48.5 Å². The van der Waals surface area contributed by atoms with E-state index in [1.165, 1.54) is 80.5 Å². The highest BCUT2D eigenvalue weighted by Crippen LogP contribution is 2.36. The Morgan fingerprint density at radius 2 is 1.52 bits per heavy atom. The second kappa shape index (κ2) is 12.2. The van der Waals surface area contributed by atoms with Crippen molar-refractivity contribution in [2.24, 2.45) is 5.41 Å². The van der Waals surface area contributed by atoms with E-state index in [0.717, 1.165) is 19.8 Å². The van der Waals surface area contributed by atoms with E-state index in [2.05, 4.69) is 79.1 Å². The Morgan fingerprint density at radius 1 is 0.879 bits per heavy atom. The van der Waals surface area contributed by atoms with E-state index >= 15 is 0 Å². The molecule has 1 aliphatic heterocycles. The molecule has 2 fully saturated rings. The number of rotatable bonds is 9. The number of likely N-dealkylation sites (tertiary alicyclic amines) is 1. The number of ether oxygens (including phenoxy) is 1. The zero-order valence-corrected chi connectivity index (χ0v) is 21.7. The molecule has 1 saturated heterocycles. The summed E-state index contributed by atoms with van der Waals surface area (Å²) in [6.07, 6.45) is 9.38. The van der Waals surface area contributed by atoms with Crippen LogP contribution in [0.3, 0.4) is 0 Å². The molecule has 3 nitrogen and oxygen atoms in total. The lowest BCUT2D eigenvalue weighted by molar-refractivity contribution is 0.00515. The molecule has 0 aromatic heterocycles. The Balaban J connectivity index is 0.00000306. The number of anilines is 2. The standard InChI is InChI=1S/C29H42N2O.ClH/c1-24-13-12-14-25(2)28(24)31(26-15-6-4-7-16-26)21-27(30-19-10-11-20-30)22-32-23-29(3)17-8-5-9-18-29;/h4,6-7,12-16,27H,5,8-11,17-23H2,1-3H3;1H. The maximum absolute atomic E-state index is 6.52. The Bertz CT molecular complexity index is 824. The first kappa shape index (κ1) is 26.1. The van der Waals surface area contributed by atoms with Gasteiger partial charge in [0.25, 0.3) is 0 Å². The van der Waals surface area contributed by atoms with Crippen LogP contribution in [0.5, 0.6) is 0 Å². The van der Waals surface area contributed by atoms with Gasteiger partial charge in [-0.15, -0.1) is 12.4 Å². The predicted molar refractivity (Wildman–Crippen MR) is 143 cm³/mol. The molecule has 2 aliphatic rings. The van der Waals surface area contributed by atoms with Crippen LogP contribution in [0.25, 0.3) is 0 Å². The second-order valence-electron chi connectivity index (χ2n) is 10.5. The number of nitrogens with zero attached hydrogens (tertiary/aromatic N) is 2. The van der Waals surface area contributed by atoms with E-state index in [4.69, 9.17) is 4.74 Å². The van der Waals surface area contributed by atoms with E-state index in [1.807, 2.05) is 0 Å². The molecule has 1 heterocycles. The Kier molecular flexibility index (Phi) is 9.67. The van der Waals surface area contributed by atoms with Gasteiger partial charge in [0.2, 0.25) is 0 Å². The summed E-state index contributed by atoms with van der Waals surface area (Å²) in [5.74, 6) is 0. The van der Waals surface area contributed by atoms with Gasteiger partial charge in [0.05, 0.1) is 19.3 Å². The number of para-hydroxylation sites is 2. The first-order valence-corrected chi connectivity index (χ1v) is 12.8. The van der Waals surface area contributed by atoms with Crippen molar-refractivity contribution < 1.29 is 4.74 Å². The minimum Gasteiger partial charge on any atom is -0.379 e. The van der Waals surface area contributed by atoms with Crippen molar-refractivity contribution in [3.63, 3.8) is 0 Å². The first-order valence-electron chi connectivity index (χ1n) is 12.8. The fraction of sp³-hybridized carbons (Fsp3) is 0.586. The minimum absolute atomic E-state index is 0. The summed E-state index contributed by atoms with van der Waals surface area (Å²) >= 11 is 0. The molecule has 0 radical (unpaired) electrons. The third kappa shape index (κ3) is 6.74. The first-order chi connectivity index (χ1) is 15.6. The average Bonchev–Trinajstić information content (AvgIpc) is 3.33. The Morgan fingerprint density at radius 3 is 2.15 bits per heavy atom. The van der Waals surface area contributed by atoms with Crippen molar-refractivity contribution in [2.45, 2.75) is 71.8 Å². The lowest BCUT2D eigenvalue weighted by Gasteiger charge is -2.37. The third-order valence-electron chi connectivity index (χ3n) is 7.65. The number of halogens is 1. The summed E-state index contributed by atoms with van der Waals surface area (Å²) in [4.78, 5) is 5.21. The summed E-state index contributed by atoms with van der Waals surface area (Å²) in [7, 11) is 0. The van der Waals surface area contributed by atoms with E-state index < -0.39 is 0 Å². The van der Waals surface area contributed by atoms with Gasteiger partial charge in [-0.25, -0.2) is 0 Å². The van der Waals surface area contributed by atoms with Gasteiger partial charge in [0, 0.05) is 17.9 Å². The van der Waals surface area contributed by atoms with Crippen molar-refractivity contribution in [1.29, 1.82) is 0 Å². The molecule has 1 atom stereocenters. The van der Waals surface area contributed by atoms with Crippen LogP contribution in [0, 0.1) is 19.3 Å². The molecule has 182 valence electrons. The third-order valence-corrected chi connectivity index (χ3v) is 7.65. The number of hydrogen-bond donors (Lipinski definition) is 0. The minimum atomic E-state index is 0. The molecule has 1 saturated carbocycles. The van der Waals surface area contributed by atoms with E-state index in [9.17, 15) is 0 Å². The van der Waals surface area contributed by atoms with Crippen LogP contribution in [0.4, 0.5) is 11.4 Å². The van der Waals surface area contributed by atoms with Gasteiger partial charge in [0.1, 0.15) is 0 Å². The molecule has 0 spiro atoms. The van der Waals surface area contributed by atoms with E-state index in [1.54, 1.807) is 0 Å². The quantitative estimate of drug-likeness (QED) is 0.382. The summed E-state index contributed by atoms with van der Waals surface area (Å²) in [6.45, 7) is 12.0. The topological polar surface area (TPSA) is 15.7 Å². The van der Waals surface area contributed by atoms with Crippen molar-refractivity contribution in [2.75, 3.05) is 37.7 Å². The number of benzene rings is 2. The Hall–Kier alpha value is -1.55. The molecule has 0 bridgehead atoms. The van der Waals surface area contributed by atoms with Gasteiger partial charge >= 0.3 is 0 Å². The summed E-state index contributed by atoms with van der Waals surface area (Å²) in [5, 5.41) is 0. The normalized spacial score (nSPS) is 19.1. The predicted octanol–water partition coefficient (Wildman–Crippen LogP) is 7.31. The van der Waals surface area contributed by atoms with Gasteiger partial charge < -0.3 is 9.64 Å². The van der Waals surface area contributed by atoms with Crippen LogP contribution in [0.2, 0.25) is 0 Å². The van der Waals surface area contributed by atoms with Crippen LogP contribution >= 0.6 is 12.4 Å². The van der Waals surface area contributed by atoms with Crippen molar-refractivity contribution in [3.05, 3.63) is 59.7 Å². The highest BCUT2D eigenvalue weighted by molar-refractivity contribution is 5.85. The molecule has 4 heteroatoms. The zero-order valence-electron chi connectivity index (χ0n) is 20.9. The summed E-state index contributed by atoms with van der Waals surface area (Å²) in [6, 6.07) is 18.0. The van der Waals surface area contributed by atoms with Crippen molar-refractivity contribution in [3.8, 4) is 0 Å². The van der Waals surface area contributed by atoms with Crippen molar-refractivity contribution >= 4 is 23.8 Å². The lowest BCUT2D eigenvalue weighted by atomic mass is 9.76. The summed E-state index contributed by atoms with van der Waals surface area (Å²) < 4.78 is 6.52. The zero-order chi connectivity index (χ0) is 22.4. The van der Waals surface area contributed by atoms with Gasteiger partial charge in [0.15, 0.2) is 0 Å². The highest BCUT2D eigenvalue weighted by atomic mass is 35.5. The largest absolute Gasteiger partial charge is 0.379 e. The molecule has 1 unspecified atom stereocenters. The van der Waals surface area contributed by atoms with E-state index in [0.29, 0.717) is 11.5 Å². The maximum atomic E-state index is 6.52. The fourth-order valence-corrected chi connectivity index (χ4v) is 5.75. The van der Waals surface area contributed by atoms with Crippen LogP contribution in [-0.4, -0.2) is 43.8 Å². The van der Waals surface area contributed by atoms with Crippen molar-refractivity contribution in [1.82, 2.24) is 4.90 Å². The van der Waals surface area contributed by atoms with Gasteiger partial charge in [-0.3, -0.25) is 4.90 Å². The van der Waals surface area contributed by atoms with Crippen LogP contribution < -0.4 is 4.90 Å². The molecule has 4 rings (SSSR count). The Labute approximate surface area is 207 Å². The molecular weight excluding hydrogens is 428 g/mol. The van der Waals surface area contributed by atoms with E-state index in [-0.39, 0.29) is 12.4 Å². The molecule has 0 amide bonds. The number of hydrogen-bond acceptors (Lipinski definition) is 3. The molecule has 1 aliphatic carbocycles. The lowest BCUT2D eigenvalue weighted by Crippen LogP contribution is -2.45. The second-order valence-corrected chi connectivity index (χ2v) is 10.5. The van der Waals surface area contributed by atoms with Crippen LogP contribution in [-0.2, 0) is 4.74 Å². The van der Waals surface area contributed by atoms with Crippen LogP contribution in [0.1, 0.15) is 63.0 Å². The highest BCUT2D eigenvalue weighted by Gasteiger charge is 2.30. The molecule has 0 N–H and O–H groups in total. The van der Waals surface area contributed by atoms with Gasteiger partial charge in [-0.1, -0.05) is 62.6 Å². The molecule has 2 aromatic rings. The smallest absolute Gasteiger partial charge is 0.0639 e. The number of aryl methyl sites for hydroxylation is 2. The fourth-order valence-electron chi connectivity index (χ4n) is 5.75. The molecule has 2 aromatic carbocycles. The SMILES string of the molecule is Cc1cccc(C)c1N(CC(COCC1(C)CCCCC1)N1CCCC1)c1ccccc1.Cl. The molecule has 33 heavy (non-hydrogen) atoms. The van der Waals surface area contributed by atoms with Gasteiger partial charge in [-0.2, -0.15) is 0 Å².